The maximum Gasteiger partial charge on any atom is 0.255 e. The summed E-state index contributed by atoms with van der Waals surface area (Å²) in [7, 11) is 1.75. The van der Waals surface area contributed by atoms with E-state index in [0.29, 0.717) is 12.3 Å². The summed E-state index contributed by atoms with van der Waals surface area (Å²) in [5, 5.41) is 7.61. The number of aryl methyl sites for hydroxylation is 2. The van der Waals surface area contributed by atoms with E-state index in [1.54, 1.807) is 18.4 Å². The normalized spacial score (nSPS) is 11.3. The van der Waals surface area contributed by atoms with Gasteiger partial charge >= 0.3 is 0 Å². The minimum absolute atomic E-state index is 0.110. The molecule has 1 amide bonds. The van der Waals surface area contributed by atoms with Gasteiger partial charge in [-0.25, -0.2) is 4.98 Å². The fourth-order valence-electron chi connectivity index (χ4n) is 2.23. The standard InChI is InChI=1S/C18H25N5O2S/c1-12-13(2)26-17(23-12)10-22-18(20-3)21-9-8-14-4-6-15(7-5-14)25-11-16(19)24/h4-7H,8-11H2,1-3H3,(H2,19,24)(H2,20,21,22). The van der Waals surface area contributed by atoms with Crippen molar-refractivity contribution in [1.82, 2.24) is 15.6 Å². The summed E-state index contributed by atoms with van der Waals surface area (Å²) in [6.07, 6.45) is 0.840. The van der Waals surface area contributed by atoms with Crippen LogP contribution < -0.4 is 21.1 Å². The lowest BCUT2D eigenvalue weighted by atomic mass is 10.1. The molecule has 8 heteroatoms. The van der Waals surface area contributed by atoms with E-state index >= 15 is 0 Å². The molecular formula is C18H25N5O2S. The second-order valence-electron chi connectivity index (χ2n) is 5.75. The number of aliphatic imine (C=N–C) groups is 1. The molecule has 0 unspecified atom stereocenters. The SMILES string of the molecule is CN=C(NCCc1ccc(OCC(N)=O)cc1)NCc1nc(C)c(C)s1. The highest BCUT2D eigenvalue weighted by Gasteiger charge is 2.05. The number of benzene rings is 1. The number of nitrogens with two attached hydrogens (primary N) is 1. The molecule has 1 heterocycles. The number of aromatic nitrogens is 1. The van der Waals surface area contributed by atoms with Crippen LogP contribution in [-0.4, -0.2) is 37.1 Å². The van der Waals surface area contributed by atoms with E-state index in [9.17, 15) is 4.79 Å². The van der Waals surface area contributed by atoms with Crippen molar-refractivity contribution in [1.29, 1.82) is 0 Å². The molecule has 0 radical (unpaired) electrons. The summed E-state index contributed by atoms with van der Waals surface area (Å²) < 4.78 is 5.24. The fourth-order valence-corrected chi connectivity index (χ4v) is 3.10. The van der Waals surface area contributed by atoms with Crippen LogP contribution >= 0.6 is 11.3 Å². The molecular weight excluding hydrogens is 350 g/mol. The number of hydrogen-bond acceptors (Lipinski definition) is 5. The topological polar surface area (TPSA) is 102 Å². The van der Waals surface area contributed by atoms with Gasteiger partial charge in [-0.15, -0.1) is 11.3 Å². The van der Waals surface area contributed by atoms with Crippen LogP contribution in [0.25, 0.3) is 0 Å². The predicted molar refractivity (Wildman–Crippen MR) is 105 cm³/mol. The first-order valence-corrected chi connectivity index (χ1v) is 9.17. The van der Waals surface area contributed by atoms with Gasteiger partial charge in [-0.2, -0.15) is 0 Å². The smallest absolute Gasteiger partial charge is 0.255 e. The van der Waals surface area contributed by atoms with E-state index in [0.717, 1.165) is 35.2 Å². The first kappa shape index (κ1) is 19.7. The van der Waals surface area contributed by atoms with E-state index in [4.69, 9.17) is 10.5 Å². The number of hydrogen-bond donors (Lipinski definition) is 3. The number of thiazole rings is 1. The van der Waals surface area contributed by atoms with Gasteiger partial charge in [0, 0.05) is 18.5 Å². The van der Waals surface area contributed by atoms with Crippen molar-refractivity contribution < 1.29 is 9.53 Å². The minimum Gasteiger partial charge on any atom is -0.484 e. The lowest BCUT2D eigenvalue weighted by Crippen LogP contribution is -2.37. The predicted octanol–water partition coefficient (Wildman–Crippen LogP) is 1.53. The molecule has 0 aliphatic heterocycles. The van der Waals surface area contributed by atoms with Gasteiger partial charge in [0.25, 0.3) is 5.91 Å². The first-order valence-electron chi connectivity index (χ1n) is 8.35. The highest BCUT2D eigenvalue weighted by molar-refractivity contribution is 7.11. The van der Waals surface area contributed by atoms with Crippen molar-refractivity contribution in [3.8, 4) is 5.75 Å². The average Bonchev–Trinajstić information content (AvgIpc) is 2.95. The van der Waals surface area contributed by atoms with Crippen LogP contribution in [0.3, 0.4) is 0 Å². The molecule has 2 aromatic rings. The number of nitrogens with zero attached hydrogens (tertiary/aromatic N) is 2. The Labute approximate surface area is 157 Å². The van der Waals surface area contributed by atoms with Crippen LogP contribution in [0.5, 0.6) is 5.75 Å². The van der Waals surface area contributed by atoms with Gasteiger partial charge in [-0.3, -0.25) is 9.79 Å². The highest BCUT2D eigenvalue weighted by Crippen LogP contribution is 2.16. The van der Waals surface area contributed by atoms with Crippen LogP contribution in [-0.2, 0) is 17.8 Å². The van der Waals surface area contributed by atoms with Crippen molar-refractivity contribution in [2.45, 2.75) is 26.8 Å². The number of primary amides is 1. The molecule has 4 N–H and O–H groups in total. The van der Waals surface area contributed by atoms with Crippen LogP contribution in [0.4, 0.5) is 0 Å². The number of carbonyl (C=O) groups excluding carboxylic acids is 1. The van der Waals surface area contributed by atoms with Crippen molar-refractivity contribution in [3.05, 3.63) is 45.4 Å². The van der Waals surface area contributed by atoms with Gasteiger partial charge in [-0.1, -0.05) is 12.1 Å². The van der Waals surface area contributed by atoms with Gasteiger partial charge in [0.2, 0.25) is 0 Å². The molecule has 0 saturated carbocycles. The highest BCUT2D eigenvalue weighted by atomic mass is 32.1. The third kappa shape index (κ3) is 6.36. The molecule has 26 heavy (non-hydrogen) atoms. The Hall–Kier alpha value is -2.61. The van der Waals surface area contributed by atoms with Crippen LogP contribution in [0, 0.1) is 13.8 Å². The number of carbonyl (C=O) groups is 1. The molecule has 2 rings (SSSR count). The number of guanidine groups is 1. The van der Waals surface area contributed by atoms with E-state index < -0.39 is 5.91 Å². The lowest BCUT2D eigenvalue weighted by Gasteiger charge is -2.11. The Morgan fingerprint density at radius 2 is 2.00 bits per heavy atom. The van der Waals surface area contributed by atoms with Crippen molar-refractivity contribution in [3.63, 3.8) is 0 Å². The minimum atomic E-state index is -0.486. The van der Waals surface area contributed by atoms with Crippen molar-refractivity contribution >= 4 is 23.2 Å². The van der Waals surface area contributed by atoms with E-state index in [-0.39, 0.29) is 6.61 Å². The molecule has 1 aromatic heterocycles. The molecule has 7 nitrogen and oxygen atoms in total. The van der Waals surface area contributed by atoms with Crippen molar-refractivity contribution in [2.75, 3.05) is 20.2 Å². The molecule has 0 saturated heterocycles. The molecule has 0 spiro atoms. The van der Waals surface area contributed by atoms with E-state index in [1.807, 2.05) is 31.2 Å². The summed E-state index contributed by atoms with van der Waals surface area (Å²) >= 11 is 1.70. The second-order valence-corrected chi connectivity index (χ2v) is 7.04. The second kappa shape index (κ2) is 9.76. The Kier molecular flexibility index (Phi) is 7.40. The number of ether oxygens (including phenoxy) is 1. The summed E-state index contributed by atoms with van der Waals surface area (Å²) in [5.41, 5.74) is 7.29. The largest absolute Gasteiger partial charge is 0.484 e. The first-order chi connectivity index (χ1) is 12.5. The zero-order chi connectivity index (χ0) is 18.9. The molecule has 0 bridgehead atoms. The molecule has 0 aliphatic carbocycles. The molecule has 1 aromatic carbocycles. The summed E-state index contributed by atoms with van der Waals surface area (Å²) in [4.78, 5) is 20.7. The molecule has 140 valence electrons. The summed E-state index contributed by atoms with van der Waals surface area (Å²) in [6.45, 7) is 5.39. The summed E-state index contributed by atoms with van der Waals surface area (Å²) in [5.74, 6) is 0.893. The maximum absolute atomic E-state index is 10.7. The van der Waals surface area contributed by atoms with Gasteiger partial charge in [0.15, 0.2) is 12.6 Å². The third-order valence-electron chi connectivity index (χ3n) is 3.71. The van der Waals surface area contributed by atoms with Gasteiger partial charge < -0.3 is 21.1 Å². The lowest BCUT2D eigenvalue weighted by molar-refractivity contribution is -0.119. The van der Waals surface area contributed by atoms with Gasteiger partial charge in [0.05, 0.1) is 12.2 Å². The van der Waals surface area contributed by atoms with Crippen LogP contribution in [0.15, 0.2) is 29.3 Å². The Morgan fingerprint density at radius 3 is 2.58 bits per heavy atom. The molecule has 0 atom stereocenters. The number of amides is 1. The zero-order valence-corrected chi connectivity index (χ0v) is 16.2. The molecule has 0 fully saturated rings. The quantitative estimate of drug-likeness (QED) is 0.480. The summed E-state index contributed by atoms with van der Waals surface area (Å²) in [6, 6.07) is 7.60. The monoisotopic (exact) mass is 375 g/mol. The third-order valence-corrected chi connectivity index (χ3v) is 4.79. The van der Waals surface area contributed by atoms with E-state index in [2.05, 4.69) is 27.5 Å². The van der Waals surface area contributed by atoms with Gasteiger partial charge in [-0.05, 0) is 38.0 Å². The van der Waals surface area contributed by atoms with Crippen LogP contribution in [0.2, 0.25) is 0 Å². The van der Waals surface area contributed by atoms with Crippen LogP contribution in [0.1, 0.15) is 21.1 Å². The Balaban J connectivity index is 1.73. The Morgan fingerprint density at radius 1 is 1.27 bits per heavy atom. The maximum atomic E-state index is 10.7. The molecule has 0 aliphatic rings. The van der Waals surface area contributed by atoms with E-state index in [1.165, 1.54) is 4.88 Å². The zero-order valence-electron chi connectivity index (χ0n) is 15.3. The number of nitrogens with one attached hydrogen (secondary N) is 2. The fraction of sp³-hybridized carbons (Fsp3) is 0.389. The average molecular weight is 375 g/mol. The van der Waals surface area contributed by atoms with Gasteiger partial charge in [0.1, 0.15) is 10.8 Å². The number of rotatable bonds is 8. The Bertz CT molecular complexity index is 736. The van der Waals surface area contributed by atoms with Crippen molar-refractivity contribution in [2.24, 2.45) is 10.7 Å².